The van der Waals surface area contributed by atoms with Crippen LogP contribution in [0.25, 0.3) is 17.0 Å². The van der Waals surface area contributed by atoms with Crippen molar-refractivity contribution in [1.29, 1.82) is 0 Å². The molecular weight excluding hydrogens is 430 g/mol. The van der Waals surface area contributed by atoms with Crippen molar-refractivity contribution in [3.8, 4) is 23.0 Å². The van der Waals surface area contributed by atoms with Crippen LogP contribution in [-0.2, 0) is 4.79 Å². The lowest BCUT2D eigenvalue weighted by atomic mass is 9.70. The molecular formula is C26H23N5O3. The summed E-state index contributed by atoms with van der Waals surface area (Å²) < 4.78 is 13.6. The summed E-state index contributed by atoms with van der Waals surface area (Å²) in [6.07, 6.45) is 6.12. The number of aromatic nitrogens is 5. The number of pyridine rings is 1. The van der Waals surface area contributed by atoms with Gasteiger partial charge in [0.05, 0.1) is 18.6 Å². The summed E-state index contributed by atoms with van der Waals surface area (Å²) in [6.45, 7) is 4.17. The number of carbonyl (C=O) groups is 1. The van der Waals surface area contributed by atoms with E-state index in [0.29, 0.717) is 52.8 Å². The highest BCUT2D eigenvalue weighted by atomic mass is 16.5. The summed E-state index contributed by atoms with van der Waals surface area (Å²) >= 11 is 0. The molecule has 0 saturated carbocycles. The minimum Gasteiger partial charge on any atom is -0.496 e. The smallest absolute Gasteiger partial charge is 0.228 e. The predicted molar refractivity (Wildman–Crippen MR) is 125 cm³/mol. The molecule has 2 aliphatic rings. The molecule has 0 spiro atoms. The van der Waals surface area contributed by atoms with E-state index in [-0.39, 0.29) is 11.2 Å². The second-order valence-electron chi connectivity index (χ2n) is 9.46. The first kappa shape index (κ1) is 20.5. The van der Waals surface area contributed by atoms with E-state index >= 15 is 0 Å². The Morgan fingerprint density at radius 3 is 2.79 bits per heavy atom. The van der Waals surface area contributed by atoms with Crippen LogP contribution in [-0.4, -0.2) is 37.5 Å². The third-order valence-corrected chi connectivity index (χ3v) is 6.43. The summed E-state index contributed by atoms with van der Waals surface area (Å²) in [6, 6.07) is 11.5. The van der Waals surface area contributed by atoms with E-state index < -0.39 is 5.92 Å². The Balaban J connectivity index is 1.63. The molecule has 0 N–H and O–H groups in total. The Morgan fingerprint density at radius 1 is 1.15 bits per heavy atom. The van der Waals surface area contributed by atoms with E-state index in [1.807, 2.05) is 36.4 Å². The van der Waals surface area contributed by atoms with Gasteiger partial charge in [-0.2, -0.15) is 0 Å². The Bertz CT molecular complexity index is 1470. The zero-order valence-electron chi connectivity index (χ0n) is 19.1. The fourth-order valence-electron chi connectivity index (χ4n) is 4.98. The Hall–Kier alpha value is -4.07. The van der Waals surface area contributed by atoms with E-state index in [9.17, 15) is 4.79 Å². The normalized spacial score (nSPS) is 18.9. The number of allylic oxidation sites excluding steroid dienone is 2. The molecule has 1 aromatic carbocycles. The number of benzene rings is 1. The second-order valence-corrected chi connectivity index (χ2v) is 9.46. The van der Waals surface area contributed by atoms with E-state index in [1.54, 1.807) is 30.3 Å². The van der Waals surface area contributed by atoms with Crippen LogP contribution in [0.1, 0.15) is 43.7 Å². The van der Waals surface area contributed by atoms with Crippen LogP contribution < -0.4 is 9.47 Å². The van der Waals surface area contributed by atoms with Crippen molar-refractivity contribution in [3.05, 3.63) is 77.6 Å². The van der Waals surface area contributed by atoms with Crippen molar-refractivity contribution in [3.63, 3.8) is 0 Å². The second kappa shape index (κ2) is 7.48. The van der Waals surface area contributed by atoms with Gasteiger partial charge < -0.3 is 9.47 Å². The number of rotatable bonds is 3. The van der Waals surface area contributed by atoms with Gasteiger partial charge in [0.2, 0.25) is 5.88 Å². The lowest BCUT2D eigenvalue weighted by molar-refractivity contribution is -0.118. The largest absolute Gasteiger partial charge is 0.496 e. The number of hydrogen-bond acceptors (Lipinski definition) is 7. The minimum atomic E-state index is -0.430. The summed E-state index contributed by atoms with van der Waals surface area (Å²) in [5.41, 5.74) is 3.42. The van der Waals surface area contributed by atoms with E-state index in [1.165, 1.54) is 0 Å². The molecule has 1 aliphatic carbocycles. The average Bonchev–Trinajstić information content (AvgIpc) is 3.27. The zero-order chi connectivity index (χ0) is 23.4. The monoisotopic (exact) mass is 453 g/mol. The van der Waals surface area contributed by atoms with Gasteiger partial charge in [0.1, 0.15) is 17.8 Å². The number of hydrogen-bond donors (Lipinski definition) is 0. The first-order valence-corrected chi connectivity index (χ1v) is 11.2. The molecule has 6 rings (SSSR count). The number of methoxy groups -OCH3 is 1. The summed E-state index contributed by atoms with van der Waals surface area (Å²) in [4.78, 5) is 27.2. The summed E-state index contributed by atoms with van der Waals surface area (Å²) in [5.74, 6) is 1.98. The topological polar surface area (TPSA) is 91.5 Å². The number of ether oxygens (including phenoxy) is 2. The summed E-state index contributed by atoms with van der Waals surface area (Å²) in [5, 5.41) is 4.62. The highest BCUT2D eigenvalue weighted by Gasteiger charge is 2.44. The van der Waals surface area contributed by atoms with Gasteiger partial charge in [-0.15, -0.1) is 5.10 Å². The first-order chi connectivity index (χ1) is 16.4. The number of Topliss-reactive ketones (excluding diaryl/α,β-unsaturated/α-hetero) is 1. The molecule has 8 nitrogen and oxygen atoms in total. The molecule has 1 atom stereocenters. The number of nitrogens with zero attached hydrogens (tertiary/aromatic N) is 5. The van der Waals surface area contributed by atoms with Crippen LogP contribution in [0, 0.1) is 5.41 Å². The highest BCUT2D eigenvalue weighted by molar-refractivity contribution is 6.00. The van der Waals surface area contributed by atoms with Gasteiger partial charge in [0, 0.05) is 41.9 Å². The van der Waals surface area contributed by atoms with Crippen LogP contribution in [0.2, 0.25) is 0 Å². The zero-order valence-corrected chi connectivity index (χ0v) is 19.1. The Labute approximate surface area is 196 Å². The number of ketones is 1. The molecule has 0 amide bonds. The fourth-order valence-corrected chi connectivity index (χ4v) is 4.98. The predicted octanol–water partition coefficient (Wildman–Crippen LogP) is 4.36. The average molecular weight is 454 g/mol. The van der Waals surface area contributed by atoms with Crippen LogP contribution in [0.5, 0.6) is 11.6 Å². The van der Waals surface area contributed by atoms with E-state index in [0.717, 1.165) is 11.1 Å². The molecule has 0 saturated heterocycles. The molecule has 170 valence electrons. The van der Waals surface area contributed by atoms with Crippen LogP contribution in [0.3, 0.4) is 0 Å². The third kappa shape index (κ3) is 3.17. The lowest BCUT2D eigenvalue weighted by Gasteiger charge is -2.37. The fraction of sp³-hybridized carbons (Fsp3) is 0.269. The molecule has 3 aromatic heterocycles. The molecule has 1 aliphatic heterocycles. The lowest BCUT2D eigenvalue weighted by Crippen LogP contribution is -2.33. The number of para-hydroxylation sites is 1. The van der Waals surface area contributed by atoms with Crippen LogP contribution in [0.4, 0.5) is 0 Å². The SMILES string of the molecule is COc1ccccc1[C@@H]1C2=C(CC(C)(C)CC2=O)Oc2ncn3nc(-c4cccnc4)nc3c21. The Morgan fingerprint density at radius 2 is 2.00 bits per heavy atom. The molecule has 0 fully saturated rings. The van der Waals surface area contributed by atoms with Gasteiger partial charge in [0.25, 0.3) is 0 Å². The minimum absolute atomic E-state index is 0.0711. The molecule has 4 heterocycles. The van der Waals surface area contributed by atoms with Gasteiger partial charge in [-0.25, -0.2) is 14.5 Å². The molecule has 0 unspecified atom stereocenters. The van der Waals surface area contributed by atoms with Crippen LogP contribution in [0.15, 0.2) is 66.5 Å². The maximum absolute atomic E-state index is 13.5. The number of fused-ring (bicyclic) bond motifs is 3. The molecule has 4 aromatic rings. The highest BCUT2D eigenvalue weighted by Crippen LogP contribution is 2.51. The van der Waals surface area contributed by atoms with Crippen molar-refractivity contribution >= 4 is 11.4 Å². The van der Waals surface area contributed by atoms with Gasteiger partial charge in [-0.3, -0.25) is 9.78 Å². The molecule has 0 radical (unpaired) electrons. The quantitative estimate of drug-likeness (QED) is 0.455. The molecule has 34 heavy (non-hydrogen) atoms. The van der Waals surface area contributed by atoms with E-state index in [4.69, 9.17) is 14.5 Å². The van der Waals surface area contributed by atoms with Crippen molar-refractivity contribution < 1.29 is 14.3 Å². The third-order valence-electron chi connectivity index (χ3n) is 6.43. The Kier molecular flexibility index (Phi) is 4.52. The van der Waals surface area contributed by atoms with Crippen molar-refractivity contribution in [2.45, 2.75) is 32.6 Å². The molecule has 8 heteroatoms. The van der Waals surface area contributed by atoms with Gasteiger partial charge in [-0.05, 0) is 23.6 Å². The van der Waals surface area contributed by atoms with Crippen molar-refractivity contribution in [2.24, 2.45) is 5.41 Å². The van der Waals surface area contributed by atoms with Crippen molar-refractivity contribution in [2.75, 3.05) is 7.11 Å². The van der Waals surface area contributed by atoms with Gasteiger partial charge in [0.15, 0.2) is 17.3 Å². The maximum atomic E-state index is 13.5. The maximum Gasteiger partial charge on any atom is 0.228 e. The summed E-state index contributed by atoms with van der Waals surface area (Å²) in [7, 11) is 1.64. The van der Waals surface area contributed by atoms with Crippen molar-refractivity contribution in [1.82, 2.24) is 24.6 Å². The number of carbonyl (C=O) groups excluding carboxylic acids is 1. The van der Waals surface area contributed by atoms with E-state index in [2.05, 4.69) is 28.9 Å². The van der Waals surface area contributed by atoms with Crippen LogP contribution >= 0.6 is 0 Å². The standard InChI is InChI=1S/C26H23N5O3/c1-26(2)11-17(32)21-19(12-26)34-25-22(20(21)16-8-4-5-9-18(16)33-3)24-29-23(30-31(24)14-28-25)15-7-6-10-27-13-15/h4-10,13-14,20H,11-12H2,1-3H3/t20-/m1/s1. The molecule has 0 bridgehead atoms. The van der Waals surface area contributed by atoms with Gasteiger partial charge >= 0.3 is 0 Å². The van der Waals surface area contributed by atoms with Gasteiger partial charge in [-0.1, -0.05) is 32.0 Å². The first-order valence-electron chi connectivity index (χ1n) is 11.2.